The number of rotatable bonds is 8. The van der Waals surface area contributed by atoms with Gasteiger partial charge in [0.2, 0.25) is 0 Å². The summed E-state index contributed by atoms with van der Waals surface area (Å²) in [6.45, 7) is 10.5. The summed E-state index contributed by atoms with van der Waals surface area (Å²) in [4.78, 5) is 20.2. The van der Waals surface area contributed by atoms with Crippen LogP contribution in [-0.4, -0.2) is 49.2 Å². The van der Waals surface area contributed by atoms with Gasteiger partial charge in [-0.15, -0.1) is 0 Å². The van der Waals surface area contributed by atoms with E-state index in [0.717, 1.165) is 63.5 Å². The van der Waals surface area contributed by atoms with Gasteiger partial charge in [-0.1, -0.05) is 43.6 Å². The smallest absolute Gasteiger partial charge is 0.129 e. The maximum absolute atomic E-state index is 10.2. The third-order valence-electron chi connectivity index (χ3n) is 7.03. The van der Waals surface area contributed by atoms with E-state index in [0.29, 0.717) is 6.54 Å². The van der Waals surface area contributed by atoms with Gasteiger partial charge < -0.3 is 4.90 Å². The van der Waals surface area contributed by atoms with Crippen LogP contribution in [0.3, 0.4) is 0 Å². The molecule has 1 aromatic carbocycles. The average molecular weight is 421 g/mol. The van der Waals surface area contributed by atoms with Crippen LogP contribution in [0.1, 0.15) is 57.1 Å². The van der Waals surface area contributed by atoms with Gasteiger partial charge in [0.1, 0.15) is 5.82 Å². The van der Waals surface area contributed by atoms with Crippen LogP contribution in [0.15, 0.2) is 41.6 Å². The highest BCUT2D eigenvalue weighted by molar-refractivity contribution is 5.64. The minimum Gasteiger partial charge on any atom is -0.354 e. The molecule has 1 aliphatic heterocycles. The van der Waals surface area contributed by atoms with Crippen LogP contribution in [0.5, 0.6) is 0 Å². The Kier molecular flexibility index (Phi) is 7.01. The van der Waals surface area contributed by atoms with Crippen molar-refractivity contribution in [3.63, 3.8) is 0 Å². The molecule has 2 heterocycles. The molecular weight excluding hydrogens is 384 g/mol. The molecule has 1 fully saturated rings. The van der Waals surface area contributed by atoms with Crippen molar-refractivity contribution in [1.82, 2.24) is 9.88 Å². The first-order valence-corrected chi connectivity index (χ1v) is 11.9. The van der Waals surface area contributed by atoms with E-state index in [-0.39, 0.29) is 5.41 Å². The highest BCUT2D eigenvalue weighted by atomic mass is 16.3. The Labute approximate surface area is 186 Å². The number of aromatic nitrogens is 1. The summed E-state index contributed by atoms with van der Waals surface area (Å²) in [6.07, 6.45) is 6.89. The summed E-state index contributed by atoms with van der Waals surface area (Å²) in [6, 6.07) is 13.4. The monoisotopic (exact) mass is 420 g/mol. The van der Waals surface area contributed by atoms with E-state index >= 15 is 0 Å². The molecule has 0 amide bonds. The van der Waals surface area contributed by atoms with E-state index < -0.39 is 0 Å². The van der Waals surface area contributed by atoms with Crippen molar-refractivity contribution in [2.24, 2.45) is 5.18 Å². The first-order chi connectivity index (χ1) is 15.1. The number of hydrogen-bond donors (Lipinski definition) is 0. The number of hydrogen-bond acceptors (Lipinski definition) is 5. The molecule has 31 heavy (non-hydrogen) atoms. The van der Waals surface area contributed by atoms with Gasteiger partial charge in [-0.3, -0.25) is 4.90 Å². The lowest BCUT2D eigenvalue weighted by molar-refractivity contribution is 0.252. The van der Waals surface area contributed by atoms with Gasteiger partial charge in [0.25, 0.3) is 0 Å². The lowest BCUT2D eigenvalue weighted by Gasteiger charge is -2.35. The van der Waals surface area contributed by atoms with Crippen molar-refractivity contribution in [2.45, 2.75) is 57.8 Å². The molecule has 1 saturated heterocycles. The minimum absolute atomic E-state index is 0.284. The number of benzene rings is 1. The normalized spacial score (nSPS) is 18.6. The summed E-state index contributed by atoms with van der Waals surface area (Å²) >= 11 is 0. The molecule has 0 N–H and O–H groups in total. The zero-order chi connectivity index (χ0) is 21.7. The lowest BCUT2D eigenvalue weighted by atomic mass is 9.72. The maximum Gasteiger partial charge on any atom is 0.129 e. The van der Waals surface area contributed by atoms with E-state index in [9.17, 15) is 4.91 Å². The van der Waals surface area contributed by atoms with Crippen LogP contribution in [-0.2, 0) is 11.8 Å². The number of fused-ring (bicyclic) bond motifs is 1. The largest absolute Gasteiger partial charge is 0.354 e. The molecule has 5 nitrogen and oxygen atoms in total. The van der Waals surface area contributed by atoms with Crippen LogP contribution in [0.4, 0.5) is 5.82 Å². The topological polar surface area (TPSA) is 48.8 Å². The van der Waals surface area contributed by atoms with E-state index in [1.165, 1.54) is 36.0 Å². The molecule has 0 bridgehead atoms. The van der Waals surface area contributed by atoms with Gasteiger partial charge in [-0.2, -0.15) is 4.91 Å². The third kappa shape index (κ3) is 5.32. The van der Waals surface area contributed by atoms with Gasteiger partial charge in [0, 0.05) is 31.7 Å². The first-order valence-electron chi connectivity index (χ1n) is 11.9. The SMILES string of the molecule is CC1(C)CCCc2cc(-c3cccc(N4CCN(CCCCCN=O)CC4)n3)ccc21. The predicted octanol–water partition coefficient (Wildman–Crippen LogP) is 5.42. The number of piperazine rings is 1. The zero-order valence-electron chi connectivity index (χ0n) is 19.1. The Balaban J connectivity index is 1.38. The molecule has 2 aromatic rings. The number of aryl methyl sites for hydroxylation is 1. The standard InChI is InChI=1S/C26H36N4O/c1-26(2)13-7-8-21-20-22(11-12-23(21)26)24-9-6-10-25(28-24)30-18-16-29(17-19-30)15-5-3-4-14-27-31/h6,9-12,20H,3-5,7-8,13-19H2,1-2H3. The number of nitroso groups, excluding NO2 is 1. The van der Waals surface area contributed by atoms with E-state index in [1.54, 1.807) is 0 Å². The Morgan fingerprint density at radius 1 is 1.03 bits per heavy atom. The number of pyridine rings is 1. The zero-order valence-corrected chi connectivity index (χ0v) is 19.1. The van der Waals surface area contributed by atoms with Crippen LogP contribution >= 0.6 is 0 Å². The molecule has 0 saturated carbocycles. The Bertz CT molecular complexity index is 887. The fourth-order valence-corrected chi connectivity index (χ4v) is 5.12. The Morgan fingerprint density at radius 2 is 1.87 bits per heavy atom. The number of unbranched alkanes of at least 4 members (excludes halogenated alkanes) is 2. The van der Waals surface area contributed by atoms with E-state index in [2.05, 4.69) is 65.2 Å². The summed E-state index contributed by atoms with van der Waals surface area (Å²) in [7, 11) is 0. The highest BCUT2D eigenvalue weighted by Gasteiger charge is 2.27. The maximum atomic E-state index is 10.2. The van der Waals surface area contributed by atoms with E-state index in [1.807, 2.05) is 0 Å². The van der Waals surface area contributed by atoms with Crippen LogP contribution in [0, 0.1) is 4.91 Å². The fraction of sp³-hybridized carbons (Fsp3) is 0.577. The van der Waals surface area contributed by atoms with E-state index in [4.69, 9.17) is 4.98 Å². The molecule has 5 heteroatoms. The molecule has 0 atom stereocenters. The van der Waals surface area contributed by atoms with Gasteiger partial charge >= 0.3 is 0 Å². The molecule has 2 aliphatic rings. The van der Waals surface area contributed by atoms with Gasteiger partial charge in [0.05, 0.1) is 12.2 Å². The van der Waals surface area contributed by atoms with Crippen molar-refractivity contribution < 1.29 is 0 Å². The van der Waals surface area contributed by atoms with Crippen molar-refractivity contribution in [3.8, 4) is 11.3 Å². The molecule has 166 valence electrons. The first kappa shape index (κ1) is 21.9. The van der Waals surface area contributed by atoms with Crippen LogP contribution < -0.4 is 4.90 Å². The molecule has 1 aliphatic carbocycles. The summed E-state index contributed by atoms with van der Waals surface area (Å²) in [5.41, 5.74) is 5.61. The predicted molar refractivity (Wildman–Crippen MR) is 129 cm³/mol. The molecule has 4 rings (SSSR count). The molecule has 0 unspecified atom stereocenters. The second-order valence-electron chi connectivity index (χ2n) is 9.73. The van der Waals surface area contributed by atoms with Crippen molar-refractivity contribution in [1.29, 1.82) is 0 Å². The second kappa shape index (κ2) is 9.90. The van der Waals surface area contributed by atoms with Crippen molar-refractivity contribution in [2.75, 3.05) is 44.2 Å². The number of nitrogens with zero attached hydrogens (tertiary/aromatic N) is 4. The van der Waals surface area contributed by atoms with Crippen molar-refractivity contribution >= 4 is 5.82 Å². The van der Waals surface area contributed by atoms with Crippen LogP contribution in [0.25, 0.3) is 11.3 Å². The highest BCUT2D eigenvalue weighted by Crippen LogP contribution is 2.38. The molecule has 0 radical (unpaired) electrons. The Hall–Kier alpha value is -2.27. The third-order valence-corrected chi connectivity index (χ3v) is 7.03. The summed E-state index contributed by atoms with van der Waals surface area (Å²) in [5.74, 6) is 1.09. The average Bonchev–Trinajstić information content (AvgIpc) is 2.79. The quantitative estimate of drug-likeness (QED) is 0.422. The van der Waals surface area contributed by atoms with Gasteiger partial charge in [-0.25, -0.2) is 4.98 Å². The minimum atomic E-state index is 0.284. The molecule has 1 aromatic heterocycles. The summed E-state index contributed by atoms with van der Waals surface area (Å²) < 4.78 is 0. The Morgan fingerprint density at radius 3 is 2.68 bits per heavy atom. The second-order valence-corrected chi connectivity index (χ2v) is 9.73. The fourth-order valence-electron chi connectivity index (χ4n) is 5.12. The number of anilines is 1. The lowest BCUT2D eigenvalue weighted by Crippen LogP contribution is -2.46. The molecule has 0 spiro atoms. The molecular formula is C26H36N4O. The summed E-state index contributed by atoms with van der Waals surface area (Å²) in [5, 5.41) is 2.94. The van der Waals surface area contributed by atoms with Crippen molar-refractivity contribution in [3.05, 3.63) is 52.4 Å². The van der Waals surface area contributed by atoms with Gasteiger partial charge in [-0.05, 0) is 73.4 Å². The van der Waals surface area contributed by atoms with Crippen LogP contribution in [0.2, 0.25) is 0 Å². The van der Waals surface area contributed by atoms with Gasteiger partial charge in [0.15, 0.2) is 0 Å².